The van der Waals surface area contributed by atoms with Gasteiger partial charge in [0.05, 0.1) is 16.8 Å². The number of urea groups is 1. The van der Waals surface area contributed by atoms with Gasteiger partial charge in [-0.3, -0.25) is 0 Å². The molecule has 0 spiro atoms. The molecule has 0 unspecified atom stereocenters. The van der Waals surface area contributed by atoms with Gasteiger partial charge < -0.3 is 20.8 Å². The lowest BCUT2D eigenvalue weighted by Crippen LogP contribution is -2.19. The minimum atomic E-state index is -4.65. The molecule has 9 nitrogen and oxygen atoms in total. The number of benzene rings is 2. The van der Waals surface area contributed by atoms with E-state index >= 15 is 0 Å². The summed E-state index contributed by atoms with van der Waals surface area (Å²) in [4.78, 5) is 20.4. The van der Waals surface area contributed by atoms with Crippen LogP contribution in [0.2, 0.25) is 5.02 Å². The third kappa shape index (κ3) is 4.41. The van der Waals surface area contributed by atoms with Crippen LogP contribution in [0, 0.1) is 0 Å². The minimum absolute atomic E-state index is 0.0618. The molecule has 182 valence electrons. The number of anilines is 3. The van der Waals surface area contributed by atoms with Gasteiger partial charge in [-0.05, 0) is 35.9 Å². The molecule has 2 aromatic carbocycles. The quantitative estimate of drug-likeness (QED) is 0.273. The molecule has 0 saturated carbocycles. The summed E-state index contributed by atoms with van der Waals surface area (Å²) in [7, 11) is 0. The lowest BCUT2D eigenvalue weighted by Gasteiger charge is -2.12. The van der Waals surface area contributed by atoms with Crippen molar-refractivity contribution < 1.29 is 22.4 Å². The van der Waals surface area contributed by atoms with Crippen molar-refractivity contribution in [1.82, 2.24) is 19.6 Å². The molecule has 0 bridgehead atoms. The van der Waals surface area contributed by atoms with Gasteiger partial charge in [0.15, 0.2) is 18.0 Å². The van der Waals surface area contributed by atoms with Crippen LogP contribution in [0.15, 0.2) is 72.0 Å². The lowest BCUT2D eigenvalue weighted by molar-refractivity contribution is -0.137. The number of nitrogen functional groups attached to an aromatic ring is 1. The smallest absolute Gasteiger partial charge is 0.417 e. The summed E-state index contributed by atoms with van der Waals surface area (Å²) in [6.45, 7) is 0. The molecule has 4 N–H and O–H groups in total. The van der Waals surface area contributed by atoms with Crippen molar-refractivity contribution in [3.8, 4) is 22.5 Å². The predicted octanol–water partition coefficient (Wildman–Crippen LogP) is 5.95. The van der Waals surface area contributed by atoms with E-state index in [1.807, 2.05) is 0 Å². The monoisotopic (exact) mass is 513 g/mol. The highest BCUT2D eigenvalue weighted by Crippen LogP contribution is 2.39. The summed E-state index contributed by atoms with van der Waals surface area (Å²) in [6, 6.07) is 9.11. The van der Waals surface area contributed by atoms with Gasteiger partial charge in [-0.15, -0.1) is 0 Å². The third-order valence-electron chi connectivity index (χ3n) is 5.26. The molecule has 5 rings (SSSR count). The van der Waals surface area contributed by atoms with Crippen molar-refractivity contribution >= 4 is 40.3 Å². The van der Waals surface area contributed by atoms with E-state index in [0.717, 1.165) is 17.7 Å². The number of alkyl halides is 3. The number of hydrogen-bond acceptors (Lipinski definition) is 6. The summed E-state index contributed by atoms with van der Waals surface area (Å²) >= 11 is 5.62. The molecule has 0 saturated heterocycles. The van der Waals surface area contributed by atoms with Crippen LogP contribution >= 0.6 is 11.6 Å². The molecule has 3 heterocycles. The first kappa shape index (κ1) is 23.2. The molecule has 13 heteroatoms. The molecular weight excluding hydrogens is 499 g/mol. The van der Waals surface area contributed by atoms with Crippen LogP contribution in [0.25, 0.3) is 28.0 Å². The molecule has 36 heavy (non-hydrogen) atoms. The van der Waals surface area contributed by atoms with E-state index in [2.05, 4.69) is 25.7 Å². The zero-order chi connectivity index (χ0) is 25.4. The van der Waals surface area contributed by atoms with Crippen LogP contribution < -0.4 is 16.4 Å². The Kier molecular flexibility index (Phi) is 5.72. The zero-order valence-corrected chi connectivity index (χ0v) is 18.8. The number of halogens is 4. The van der Waals surface area contributed by atoms with Crippen LogP contribution in [0.4, 0.5) is 35.2 Å². The molecule has 0 atom stereocenters. The van der Waals surface area contributed by atoms with Crippen LogP contribution in [0.1, 0.15) is 5.56 Å². The number of hydrogen-bond donors (Lipinski definition) is 3. The Morgan fingerprint density at radius 3 is 2.50 bits per heavy atom. The number of amides is 2. The number of nitrogens with two attached hydrogens (primary N) is 1. The maximum atomic E-state index is 13.1. The van der Waals surface area contributed by atoms with Gasteiger partial charge in [0.25, 0.3) is 0 Å². The summed E-state index contributed by atoms with van der Waals surface area (Å²) in [5.41, 5.74) is 8.07. The number of nitrogens with zero attached hydrogens (tertiary/aromatic N) is 4. The average Bonchev–Trinajstić information content (AvgIpc) is 3.49. The Bertz CT molecular complexity index is 1570. The van der Waals surface area contributed by atoms with Crippen LogP contribution in [-0.4, -0.2) is 25.6 Å². The average molecular weight is 514 g/mol. The van der Waals surface area contributed by atoms with E-state index < -0.39 is 22.8 Å². The van der Waals surface area contributed by atoms with E-state index in [4.69, 9.17) is 21.8 Å². The molecule has 0 fully saturated rings. The number of fused-ring (bicyclic) bond motifs is 1. The fourth-order valence-corrected chi connectivity index (χ4v) is 3.92. The Morgan fingerprint density at radius 2 is 1.81 bits per heavy atom. The van der Waals surface area contributed by atoms with Crippen molar-refractivity contribution in [1.29, 1.82) is 0 Å². The highest BCUT2D eigenvalue weighted by atomic mass is 35.5. The first-order valence-electron chi connectivity index (χ1n) is 10.3. The Morgan fingerprint density at radius 1 is 1.08 bits per heavy atom. The minimum Gasteiger partial charge on any atom is -0.443 e. The number of rotatable bonds is 4. The Balaban J connectivity index is 1.40. The first-order valence-corrected chi connectivity index (χ1v) is 10.6. The van der Waals surface area contributed by atoms with Gasteiger partial charge in [-0.1, -0.05) is 23.7 Å². The zero-order valence-electron chi connectivity index (χ0n) is 18.0. The normalized spacial score (nSPS) is 11.6. The molecule has 3 aromatic heterocycles. The summed E-state index contributed by atoms with van der Waals surface area (Å²) < 4.78 is 46.2. The van der Waals surface area contributed by atoms with E-state index in [-0.39, 0.29) is 11.5 Å². The fourth-order valence-electron chi connectivity index (χ4n) is 3.70. The summed E-state index contributed by atoms with van der Waals surface area (Å²) in [5, 5.41) is 8.69. The van der Waals surface area contributed by atoms with E-state index in [1.54, 1.807) is 41.2 Å². The summed E-state index contributed by atoms with van der Waals surface area (Å²) in [5.74, 6) is 0.756. The number of carbonyl (C=O) groups excluding carboxylic acids is 1. The van der Waals surface area contributed by atoms with Crippen molar-refractivity contribution in [2.75, 3.05) is 16.4 Å². The maximum Gasteiger partial charge on any atom is 0.417 e. The standard InChI is InChI=1S/C23H15ClF3N7O2/c24-17-6-5-14(7-16(17)23(25,26)27)33-22(35)32-13-3-1-12(2-4-13)19-15(18-8-29-11-36-18)9-34-20(19)21(28)30-10-31-34/h1-11H,(H2,28,30,31)(H2,32,33,35). The molecule has 0 radical (unpaired) electrons. The topological polar surface area (TPSA) is 123 Å². The Hall–Kier alpha value is -4.58. The largest absolute Gasteiger partial charge is 0.443 e. The second-order valence-electron chi connectivity index (χ2n) is 7.57. The van der Waals surface area contributed by atoms with Crippen LogP contribution in [-0.2, 0) is 6.18 Å². The van der Waals surface area contributed by atoms with Crippen molar-refractivity contribution in [2.45, 2.75) is 6.18 Å². The number of aromatic nitrogens is 4. The molecule has 5 aromatic rings. The second-order valence-corrected chi connectivity index (χ2v) is 7.98. The highest BCUT2D eigenvalue weighted by molar-refractivity contribution is 6.31. The Labute approximate surface area is 205 Å². The summed E-state index contributed by atoms with van der Waals surface area (Å²) in [6.07, 6.45) is 1.29. The molecule has 0 aliphatic rings. The van der Waals surface area contributed by atoms with E-state index in [9.17, 15) is 18.0 Å². The van der Waals surface area contributed by atoms with Gasteiger partial charge in [0.1, 0.15) is 11.8 Å². The van der Waals surface area contributed by atoms with Gasteiger partial charge in [0, 0.05) is 28.7 Å². The van der Waals surface area contributed by atoms with Crippen LogP contribution in [0.5, 0.6) is 0 Å². The predicted molar refractivity (Wildman–Crippen MR) is 127 cm³/mol. The number of oxazole rings is 1. The van der Waals surface area contributed by atoms with Crippen LogP contribution in [0.3, 0.4) is 0 Å². The first-order chi connectivity index (χ1) is 17.2. The highest BCUT2D eigenvalue weighted by Gasteiger charge is 2.33. The molecular formula is C23H15ClF3N7O2. The number of nitrogens with one attached hydrogen (secondary N) is 2. The molecule has 0 aliphatic carbocycles. The van der Waals surface area contributed by atoms with E-state index in [1.165, 1.54) is 18.8 Å². The number of carbonyl (C=O) groups is 1. The van der Waals surface area contributed by atoms with Gasteiger partial charge >= 0.3 is 12.2 Å². The van der Waals surface area contributed by atoms with Gasteiger partial charge in [0.2, 0.25) is 0 Å². The third-order valence-corrected chi connectivity index (χ3v) is 5.59. The molecule has 0 aliphatic heterocycles. The molecule has 2 amide bonds. The second kappa shape index (κ2) is 8.89. The van der Waals surface area contributed by atoms with E-state index in [0.29, 0.717) is 28.1 Å². The van der Waals surface area contributed by atoms with Gasteiger partial charge in [-0.2, -0.15) is 18.3 Å². The fraction of sp³-hybridized carbons (Fsp3) is 0.0435. The van der Waals surface area contributed by atoms with Crippen molar-refractivity contribution in [3.05, 3.63) is 78.2 Å². The maximum absolute atomic E-state index is 13.1. The van der Waals surface area contributed by atoms with Crippen molar-refractivity contribution in [2.24, 2.45) is 0 Å². The van der Waals surface area contributed by atoms with Crippen molar-refractivity contribution in [3.63, 3.8) is 0 Å². The lowest BCUT2D eigenvalue weighted by atomic mass is 10.0. The SMILES string of the molecule is Nc1ncnn2cc(-c3cnco3)c(-c3ccc(NC(=O)Nc4ccc(Cl)c(C(F)(F)F)c4)cc3)c12. The van der Waals surface area contributed by atoms with Gasteiger partial charge in [-0.25, -0.2) is 19.3 Å².